The predicted octanol–water partition coefficient (Wildman–Crippen LogP) is 2.08. The molecule has 1 aromatic carbocycles. The molecule has 4 heteroatoms. The van der Waals surface area contributed by atoms with Crippen LogP contribution >= 0.6 is 0 Å². The van der Waals surface area contributed by atoms with E-state index in [1.807, 2.05) is 12.1 Å². The largest absolute Gasteiger partial charge is 0.309 e. The number of nitrogens with one attached hydrogen (secondary N) is 1. The Hall–Kier alpha value is -0.870. The summed E-state index contributed by atoms with van der Waals surface area (Å²) in [5.41, 5.74) is 2.45. The van der Waals surface area contributed by atoms with E-state index in [4.69, 9.17) is 0 Å². The van der Waals surface area contributed by atoms with Gasteiger partial charge in [0.25, 0.3) is 0 Å². The predicted molar refractivity (Wildman–Crippen MR) is 71.9 cm³/mol. The maximum atomic E-state index is 11.3. The second kappa shape index (κ2) is 6.17. The number of hydrogen-bond acceptors (Lipinski definition) is 3. The van der Waals surface area contributed by atoms with Crippen molar-refractivity contribution in [3.63, 3.8) is 0 Å². The van der Waals surface area contributed by atoms with Crippen molar-refractivity contribution in [2.24, 2.45) is 0 Å². The quantitative estimate of drug-likeness (QED) is 0.846. The molecule has 0 aliphatic carbocycles. The van der Waals surface area contributed by atoms with Crippen molar-refractivity contribution >= 4 is 9.84 Å². The van der Waals surface area contributed by atoms with Crippen LogP contribution in [0.15, 0.2) is 24.3 Å². The summed E-state index contributed by atoms with van der Waals surface area (Å²) in [6.07, 6.45) is 0. The Labute approximate surface area is 104 Å². The summed E-state index contributed by atoms with van der Waals surface area (Å²) in [6.45, 7) is 6.31. The van der Waals surface area contributed by atoms with Gasteiger partial charge in [-0.15, -0.1) is 0 Å². The number of hydrogen-bond donors (Lipinski definition) is 1. The van der Waals surface area contributed by atoms with Gasteiger partial charge in [-0.1, -0.05) is 31.2 Å². The first-order valence-electron chi connectivity index (χ1n) is 5.95. The van der Waals surface area contributed by atoms with Gasteiger partial charge >= 0.3 is 0 Å². The van der Waals surface area contributed by atoms with Gasteiger partial charge in [-0.05, 0) is 25.0 Å². The van der Waals surface area contributed by atoms with Gasteiger partial charge in [-0.25, -0.2) is 8.42 Å². The van der Waals surface area contributed by atoms with Crippen LogP contribution < -0.4 is 5.32 Å². The summed E-state index contributed by atoms with van der Waals surface area (Å²) < 4.78 is 22.7. The molecule has 3 nitrogen and oxygen atoms in total. The van der Waals surface area contributed by atoms with E-state index in [1.54, 1.807) is 6.92 Å². The summed E-state index contributed by atoms with van der Waals surface area (Å²) in [5.74, 6) is 0.424. The lowest BCUT2D eigenvalue weighted by Crippen LogP contribution is -2.26. The van der Waals surface area contributed by atoms with E-state index >= 15 is 0 Å². The molecule has 0 aliphatic heterocycles. The Morgan fingerprint density at radius 3 is 2.53 bits per heavy atom. The van der Waals surface area contributed by atoms with Crippen molar-refractivity contribution in [2.75, 3.05) is 18.1 Å². The minimum atomic E-state index is -2.87. The van der Waals surface area contributed by atoms with Gasteiger partial charge in [0.2, 0.25) is 0 Å². The first-order chi connectivity index (χ1) is 7.96. The van der Waals surface area contributed by atoms with Crippen LogP contribution in [0.5, 0.6) is 0 Å². The van der Waals surface area contributed by atoms with Crippen LogP contribution in [-0.4, -0.2) is 26.5 Å². The number of sulfone groups is 1. The van der Waals surface area contributed by atoms with Crippen molar-refractivity contribution < 1.29 is 8.42 Å². The van der Waals surface area contributed by atoms with Crippen LogP contribution in [0.3, 0.4) is 0 Å². The number of benzene rings is 1. The molecular formula is C13H21NO2S. The van der Waals surface area contributed by atoms with Crippen LogP contribution in [0, 0.1) is 6.92 Å². The van der Waals surface area contributed by atoms with Gasteiger partial charge in [0.15, 0.2) is 9.84 Å². The van der Waals surface area contributed by atoms with Gasteiger partial charge in [0, 0.05) is 18.3 Å². The average Bonchev–Trinajstić information content (AvgIpc) is 2.29. The zero-order valence-electron chi connectivity index (χ0n) is 10.7. The highest BCUT2D eigenvalue weighted by molar-refractivity contribution is 7.91. The zero-order valence-corrected chi connectivity index (χ0v) is 11.5. The van der Waals surface area contributed by atoms with Crippen molar-refractivity contribution in [1.82, 2.24) is 5.32 Å². The minimum absolute atomic E-state index is 0.184. The molecule has 0 spiro atoms. The summed E-state index contributed by atoms with van der Waals surface area (Å²) >= 11 is 0. The Morgan fingerprint density at radius 2 is 1.94 bits per heavy atom. The maximum absolute atomic E-state index is 11.3. The second-order valence-corrected chi connectivity index (χ2v) is 6.74. The van der Waals surface area contributed by atoms with Gasteiger partial charge in [0.05, 0.1) is 5.75 Å². The van der Waals surface area contributed by atoms with Crippen LogP contribution in [0.2, 0.25) is 0 Å². The fraction of sp³-hybridized carbons (Fsp3) is 0.538. The average molecular weight is 255 g/mol. The lowest BCUT2D eigenvalue weighted by molar-refractivity contribution is 0.572. The molecular weight excluding hydrogens is 234 g/mol. The topological polar surface area (TPSA) is 46.2 Å². The Bertz CT molecular complexity index is 454. The SMILES string of the molecule is CCS(=O)(=O)CCN[C@H](C)c1ccccc1C. The molecule has 1 atom stereocenters. The van der Waals surface area contributed by atoms with E-state index in [9.17, 15) is 8.42 Å². The van der Waals surface area contributed by atoms with E-state index in [0.717, 1.165) is 0 Å². The van der Waals surface area contributed by atoms with Crippen LogP contribution in [0.1, 0.15) is 31.0 Å². The van der Waals surface area contributed by atoms with E-state index in [2.05, 4.69) is 31.3 Å². The van der Waals surface area contributed by atoms with E-state index in [0.29, 0.717) is 6.54 Å². The molecule has 0 unspecified atom stereocenters. The summed E-state index contributed by atoms with van der Waals surface area (Å²) in [7, 11) is -2.87. The van der Waals surface area contributed by atoms with Gasteiger partial charge < -0.3 is 5.32 Å². The van der Waals surface area contributed by atoms with Crippen LogP contribution in [0.25, 0.3) is 0 Å². The summed E-state index contributed by atoms with van der Waals surface area (Å²) in [4.78, 5) is 0. The molecule has 17 heavy (non-hydrogen) atoms. The smallest absolute Gasteiger partial charge is 0.151 e. The zero-order chi connectivity index (χ0) is 12.9. The molecule has 96 valence electrons. The Kier molecular flexibility index (Phi) is 5.15. The van der Waals surface area contributed by atoms with Gasteiger partial charge in [-0.3, -0.25) is 0 Å². The van der Waals surface area contributed by atoms with E-state index < -0.39 is 9.84 Å². The van der Waals surface area contributed by atoms with Crippen LogP contribution in [0.4, 0.5) is 0 Å². The molecule has 0 fully saturated rings. The molecule has 0 aliphatic rings. The molecule has 0 heterocycles. The highest BCUT2D eigenvalue weighted by Crippen LogP contribution is 2.16. The lowest BCUT2D eigenvalue weighted by atomic mass is 10.0. The molecule has 1 aromatic rings. The van der Waals surface area contributed by atoms with Crippen molar-refractivity contribution in [3.8, 4) is 0 Å². The normalized spacial score (nSPS) is 13.6. The Balaban J connectivity index is 2.51. The molecule has 0 bridgehead atoms. The molecule has 1 rings (SSSR count). The van der Waals surface area contributed by atoms with E-state index in [1.165, 1.54) is 11.1 Å². The summed E-state index contributed by atoms with van der Waals surface area (Å²) in [6, 6.07) is 8.33. The fourth-order valence-corrected chi connectivity index (χ4v) is 2.48. The fourth-order valence-electron chi connectivity index (χ4n) is 1.76. The van der Waals surface area contributed by atoms with Crippen molar-refractivity contribution in [3.05, 3.63) is 35.4 Å². The van der Waals surface area contributed by atoms with Gasteiger partial charge in [-0.2, -0.15) is 0 Å². The second-order valence-electron chi connectivity index (χ2n) is 4.27. The van der Waals surface area contributed by atoms with Gasteiger partial charge in [0.1, 0.15) is 0 Å². The van der Waals surface area contributed by atoms with Crippen molar-refractivity contribution in [1.29, 1.82) is 0 Å². The van der Waals surface area contributed by atoms with E-state index in [-0.39, 0.29) is 17.5 Å². The minimum Gasteiger partial charge on any atom is -0.309 e. The molecule has 0 radical (unpaired) electrons. The highest BCUT2D eigenvalue weighted by Gasteiger charge is 2.10. The first-order valence-corrected chi connectivity index (χ1v) is 7.77. The summed E-state index contributed by atoms with van der Waals surface area (Å²) in [5, 5.41) is 3.25. The molecule has 1 N–H and O–H groups in total. The Morgan fingerprint density at radius 1 is 1.29 bits per heavy atom. The third-order valence-electron chi connectivity index (χ3n) is 2.96. The molecule has 0 saturated carbocycles. The number of rotatable bonds is 6. The molecule has 0 aromatic heterocycles. The van der Waals surface area contributed by atoms with Crippen LogP contribution in [-0.2, 0) is 9.84 Å². The third kappa shape index (κ3) is 4.48. The molecule has 0 saturated heterocycles. The monoisotopic (exact) mass is 255 g/mol. The molecule has 0 amide bonds. The standard InChI is InChI=1S/C13H21NO2S/c1-4-17(15,16)10-9-14-12(3)13-8-6-5-7-11(13)2/h5-8,12,14H,4,9-10H2,1-3H3/t12-/m1/s1. The first kappa shape index (κ1) is 14.2. The maximum Gasteiger partial charge on any atom is 0.151 e. The number of aryl methyl sites for hydroxylation is 1. The third-order valence-corrected chi connectivity index (χ3v) is 4.66. The van der Waals surface area contributed by atoms with Crippen molar-refractivity contribution in [2.45, 2.75) is 26.8 Å². The lowest BCUT2D eigenvalue weighted by Gasteiger charge is -2.16. The highest BCUT2D eigenvalue weighted by atomic mass is 32.2.